The number of nitrogens with zero attached hydrogens (tertiary/aromatic N) is 1. The van der Waals surface area contributed by atoms with Crippen LogP contribution in [0.5, 0.6) is 0 Å². The van der Waals surface area contributed by atoms with Crippen LogP contribution in [0.3, 0.4) is 0 Å². The molecule has 0 aliphatic carbocycles. The monoisotopic (exact) mass is 359 g/mol. The Balaban J connectivity index is 1.59. The van der Waals surface area contributed by atoms with Crippen LogP contribution in [0.2, 0.25) is 0 Å². The minimum atomic E-state index is -0.313. The Hall–Kier alpha value is -3.47. The molecule has 0 aliphatic rings. The number of hydrogen-bond acceptors (Lipinski definition) is 3. The van der Waals surface area contributed by atoms with Gasteiger partial charge in [0.05, 0.1) is 0 Å². The predicted octanol–water partition coefficient (Wildman–Crippen LogP) is 3.25. The predicted molar refractivity (Wildman–Crippen MR) is 104 cm³/mol. The third kappa shape index (κ3) is 5.25. The van der Waals surface area contributed by atoms with Gasteiger partial charge in [0.15, 0.2) is 0 Å². The molecule has 2 aromatic carbocycles. The number of pyridine rings is 1. The van der Waals surface area contributed by atoms with Crippen LogP contribution in [0.1, 0.15) is 37.5 Å². The number of carbonyl (C=O) groups excluding carboxylic acids is 2. The van der Waals surface area contributed by atoms with Gasteiger partial charge in [0, 0.05) is 24.8 Å². The molecule has 5 heteroatoms. The van der Waals surface area contributed by atoms with Crippen molar-refractivity contribution < 1.29 is 9.59 Å². The summed E-state index contributed by atoms with van der Waals surface area (Å²) in [6, 6.07) is 20.7. The first-order valence-corrected chi connectivity index (χ1v) is 8.74. The van der Waals surface area contributed by atoms with Crippen molar-refractivity contribution in [3.8, 4) is 0 Å². The van der Waals surface area contributed by atoms with Gasteiger partial charge in [-0.3, -0.25) is 14.6 Å². The molecule has 5 nitrogen and oxygen atoms in total. The molecule has 0 unspecified atom stereocenters. The first-order chi connectivity index (χ1) is 13.1. The molecular formula is C22H21N3O2. The Kier molecular flexibility index (Phi) is 5.94. The molecule has 0 bridgehead atoms. The van der Waals surface area contributed by atoms with E-state index in [1.807, 2.05) is 61.5 Å². The van der Waals surface area contributed by atoms with E-state index in [0.717, 1.165) is 11.1 Å². The van der Waals surface area contributed by atoms with Crippen LogP contribution in [-0.2, 0) is 13.1 Å². The zero-order valence-corrected chi connectivity index (χ0v) is 15.1. The molecule has 2 amide bonds. The van der Waals surface area contributed by atoms with Crippen LogP contribution in [-0.4, -0.2) is 16.8 Å². The molecule has 0 radical (unpaired) electrons. The maximum atomic E-state index is 12.4. The lowest BCUT2D eigenvalue weighted by Gasteiger charge is -2.08. The van der Waals surface area contributed by atoms with Crippen LogP contribution in [0.15, 0.2) is 72.9 Å². The minimum absolute atomic E-state index is 0.217. The molecular weight excluding hydrogens is 338 g/mol. The summed E-state index contributed by atoms with van der Waals surface area (Å²) in [6.45, 7) is 2.85. The van der Waals surface area contributed by atoms with E-state index in [0.29, 0.717) is 18.7 Å². The van der Waals surface area contributed by atoms with Crippen molar-refractivity contribution in [3.63, 3.8) is 0 Å². The third-order valence-electron chi connectivity index (χ3n) is 4.12. The average Bonchev–Trinajstić information content (AvgIpc) is 2.72. The number of aryl methyl sites for hydroxylation is 1. The fourth-order valence-corrected chi connectivity index (χ4v) is 2.56. The largest absolute Gasteiger partial charge is 0.348 e. The maximum Gasteiger partial charge on any atom is 0.270 e. The number of aromatic nitrogens is 1. The second-order valence-electron chi connectivity index (χ2n) is 6.27. The highest BCUT2D eigenvalue weighted by atomic mass is 16.2. The van der Waals surface area contributed by atoms with Gasteiger partial charge in [0.25, 0.3) is 11.8 Å². The molecule has 0 spiro atoms. The second-order valence-corrected chi connectivity index (χ2v) is 6.27. The first kappa shape index (κ1) is 18.3. The number of benzene rings is 2. The van der Waals surface area contributed by atoms with E-state index in [9.17, 15) is 9.59 Å². The quantitative estimate of drug-likeness (QED) is 0.710. The van der Waals surface area contributed by atoms with Gasteiger partial charge in [-0.25, -0.2) is 0 Å². The zero-order valence-electron chi connectivity index (χ0n) is 15.1. The van der Waals surface area contributed by atoms with E-state index >= 15 is 0 Å². The summed E-state index contributed by atoms with van der Waals surface area (Å²) in [5.74, 6) is -0.554. The molecule has 1 aromatic heterocycles. The Morgan fingerprint density at radius 3 is 2.15 bits per heavy atom. The molecule has 0 fully saturated rings. The van der Waals surface area contributed by atoms with Crippen LogP contribution in [0.4, 0.5) is 0 Å². The topological polar surface area (TPSA) is 71.1 Å². The number of carbonyl (C=O) groups is 2. The molecule has 1 heterocycles. The van der Waals surface area contributed by atoms with E-state index in [1.54, 1.807) is 6.07 Å². The number of rotatable bonds is 6. The first-order valence-electron chi connectivity index (χ1n) is 8.74. The lowest BCUT2D eigenvalue weighted by atomic mass is 10.1. The van der Waals surface area contributed by atoms with Gasteiger partial charge in [-0.05, 0) is 30.2 Å². The smallest absolute Gasteiger partial charge is 0.270 e. The summed E-state index contributed by atoms with van der Waals surface area (Å²) in [7, 11) is 0. The lowest BCUT2D eigenvalue weighted by Crippen LogP contribution is -2.26. The summed E-state index contributed by atoms with van der Waals surface area (Å²) in [4.78, 5) is 28.7. The van der Waals surface area contributed by atoms with Crippen molar-refractivity contribution in [2.75, 3.05) is 0 Å². The second kappa shape index (κ2) is 8.76. The van der Waals surface area contributed by atoms with Gasteiger partial charge in [-0.15, -0.1) is 0 Å². The Labute approximate surface area is 158 Å². The van der Waals surface area contributed by atoms with Crippen LogP contribution in [0, 0.1) is 6.92 Å². The van der Waals surface area contributed by atoms with E-state index in [-0.39, 0.29) is 17.5 Å². The van der Waals surface area contributed by atoms with Crippen molar-refractivity contribution in [1.29, 1.82) is 0 Å². The standard InChI is InChI=1S/C22H21N3O2/c1-16-7-9-18(10-8-16)15-24-21(26)19-11-12-23-20(13-19)22(27)25-14-17-5-3-2-4-6-17/h2-13H,14-15H2,1H3,(H,24,26)(H,25,27). The molecule has 0 atom stereocenters. The summed E-state index contributed by atoms with van der Waals surface area (Å²) < 4.78 is 0. The fraction of sp³-hybridized carbons (Fsp3) is 0.136. The fourth-order valence-electron chi connectivity index (χ4n) is 2.56. The van der Waals surface area contributed by atoms with E-state index in [2.05, 4.69) is 15.6 Å². The van der Waals surface area contributed by atoms with Crippen LogP contribution < -0.4 is 10.6 Å². The maximum absolute atomic E-state index is 12.4. The number of amides is 2. The van der Waals surface area contributed by atoms with Crippen molar-refractivity contribution in [1.82, 2.24) is 15.6 Å². The highest BCUT2D eigenvalue weighted by molar-refractivity contribution is 5.98. The summed E-state index contributed by atoms with van der Waals surface area (Å²) >= 11 is 0. The summed E-state index contributed by atoms with van der Waals surface area (Å²) in [5.41, 5.74) is 3.81. The molecule has 0 saturated heterocycles. The molecule has 27 heavy (non-hydrogen) atoms. The SMILES string of the molecule is Cc1ccc(CNC(=O)c2ccnc(C(=O)NCc3ccccc3)c2)cc1. The molecule has 3 aromatic rings. The van der Waals surface area contributed by atoms with Gasteiger partial charge in [0.1, 0.15) is 5.69 Å². The zero-order chi connectivity index (χ0) is 19.1. The Morgan fingerprint density at radius 1 is 0.815 bits per heavy atom. The van der Waals surface area contributed by atoms with Crippen molar-refractivity contribution in [2.45, 2.75) is 20.0 Å². The van der Waals surface area contributed by atoms with Gasteiger partial charge in [-0.1, -0.05) is 60.2 Å². The van der Waals surface area contributed by atoms with Gasteiger partial charge >= 0.3 is 0 Å². The molecule has 136 valence electrons. The van der Waals surface area contributed by atoms with E-state index < -0.39 is 0 Å². The van der Waals surface area contributed by atoms with Crippen molar-refractivity contribution >= 4 is 11.8 Å². The highest BCUT2D eigenvalue weighted by Gasteiger charge is 2.11. The Bertz CT molecular complexity index is 922. The number of hydrogen-bond donors (Lipinski definition) is 2. The lowest BCUT2D eigenvalue weighted by molar-refractivity contribution is 0.0946. The van der Waals surface area contributed by atoms with E-state index in [1.165, 1.54) is 17.8 Å². The van der Waals surface area contributed by atoms with Gasteiger partial charge in [0.2, 0.25) is 0 Å². The van der Waals surface area contributed by atoms with Gasteiger partial charge in [-0.2, -0.15) is 0 Å². The Morgan fingerprint density at radius 2 is 1.44 bits per heavy atom. The van der Waals surface area contributed by atoms with Gasteiger partial charge < -0.3 is 10.6 Å². The molecule has 3 rings (SSSR count). The van der Waals surface area contributed by atoms with Crippen LogP contribution >= 0.6 is 0 Å². The number of nitrogens with one attached hydrogen (secondary N) is 2. The van der Waals surface area contributed by atoms with E-state index in [4.69, 9.17) is 0 Å². The molecule has 0 saturated carbocycles. The third-order valence-corrected chi connectivity index (χ3v) is 4.12. The highest BCUT2D eigenvalue weighted by Crippen LogP contribution is 2.06. The summed E-state index contributed by atoms with van der Waals surface area (Å²) in [5, 5.41) is 5.67. The van der Waals surface area contributed by atoms with Crippen molar-refractivity contribution in [3.05, 3.63) is 101 Å². The van der Waals surface area contributed by atoms with Crippen molar-refractivity contribution in [2.24, 2.45) is 0 Å². The minimum Gasteiger partial charge on any atom is -0.348 e. The average molecular weight is 359 g/mol. The normalized spacial score (nSPS) is 10.3. The summed E-state index contributed by atoms with van der Waals surface area (Å²) in [6.07, 6.45) is 1.47. The molecule has 0 aliphatic heterocycles. The van der Waals surface area contributed by atoms with Crippen LogP contribution in [0.25, 0.3) is 0 Å². The molecule has 2 N–H and O–H groups in total.